The van der Waals surface area contributed by atoms with Gasteiger partial charge in [-0.3, -0.25) is 0 Å². The highest BCUT2D eigenvalue weighted by Gasteiger charge is 2.20. The molecule has 0 radical (unpaired) electrons. The molecule has 0 aromatic heterocycles. The van der Waals surface area contributed by atoms with Crippen molar-refractivity contribution in [2.24, 2.45) is 0 Å². The third kappa shape index (κ3) is 4.44. The first-order chi connectivity index (χ1) is 20.0. The Morgan fingerprint density at radius 1 is 0.415 bits per heavy atom. The van der Waals surface area contributed by atoms with E-state index in [2.05, 4.69) is 160 Å². The normalized spacial score (nSPS) is 11.4. The number of benzene rings is 7. The van der Waals surface area contributed by atoms with E-state index in [-0.39, 0.29) is 0 Å². The molecule has 0 saturated carbocycles. The van der Waals surface area contributed by atoms with Crippen molar-refractivity contribution >= 4 is 49.4 Å². The van der Waals surface area contributed by atoms with Crippen LogP contribution in [0.1, 0.15) is 22.3 Å². The first kappa shape index (κ1) is 25.1. The van der Waals surface area contributed by atoms with Gasteiger partial charge in [0, 0.05) is 16.8 Å². The lowest BCUT2D eigenvalue weighted by atomic mass is 9.90. The summed E-state index contributed by atoms with van der Waals surface area (Å²) >= 11 is 0. The van der Waals surface area contributed by atoms with Crippen molar-refractivity contribution in [2.45, 2.75) is 27.7 Å². The maximum Gasteiger partial charge on any atom is 0.0546 e. The minimum atomic E-state index is 1.18. The minimum absolute atomic E-state index is 1.18. The molecule has 0 N–H and O–H groups in total. The minimum Gasteiger partial charge on any atom is -0.310 e. The average molecular weight is 528 g/mol. The molecule has 7 aromatic rings. The quantitative estimate of drug-likeness (QED) is 0.206. The number of hydrogen-bond donors (Lipinski definition) is 0. The van der Waals surface area contributed by atoms with Gasteiger partial charge in [-0.05, 0) is 124 Å². The topological polar surface area (TPSA) is 3.24 Å². The fourth-order valence-corrected chi connectivity index (χ4v) is 6.59. The summed E-state index contributed by atoms with van der Waals surface area (Å²) in [5.74, 6) is 0. The van der Waals surface area contributed by atoms with Gasteiger partial charge in [0.2, 0.25) is 0 Å². The maximum absolute atomic E-state index is 2.46. The molecule has 0 aliphatic carbocycles. The highest BCUT2D eigenvalue weighted by atomic mass is 15.1. The van der Waals surface area contributed by atoms with Crippen LogP contribution in [0.15, 0.2) is 127 Å². The summed E-state index contributed by atoms with van der Waals surface area (Å²) < 4.78 is 0. The molecular formula is C40H33N. The number of anilines is 3. The van der Waals surface area contributed by atoms with Crippen LogP contribution in [-0.4, -0.2) is 0 Å². The second-order valence-electron chi connectivity index (χ2n) is 11.4. The smallest absolute Gasteiger partial charge is 0.0546 e. The van der Waals surface area contributed by atoms with Crippen LogP contribution in [0.5, 0.6) is 0 Å². The molecule has 0 bridgehead atoms. The Balaban J connectivity index is 1.63. The zero-order valence-corrected chi connectivity index (χ0v) is 24.1. The molecule has 0 spiro atoms. The van der Waals surface area contributed by atoms with Crippen LogP contribution in [0, 0.1) is 27.7 Å². The number of rotatable bonds is 4. The molecule has 41 heavy (non-hydrogen) atoms. The molecular weight excluding hydrogens is 494 g/mol. The lowest BCUT2D eigenvalue weighted by Crippen LogP contribution is -2.12. The van der Waals surface area contributed by atoms with Crippen molar-refractivity contribution < 1.29 is 0 Å². The Kier molecular flexibility index (Phi) is 6.09. The molecule has 0 aliphatic rings. The van der Waals surface area contributed by atoms with Gasteiger partial charge < -0.3 is 4.90 Å². The van der Waals surface area contributed by atoms with Gasteiger partial charge in [-0.25, -0.2) is 0 Å². The van der Waals surface area contributed by atoms with Gasteiger partial charge in [0.25, 0.3) is 0 Å². The summed E-state index contributed by atoms with van der Waals surface area (Å²) in [6.45, 7) is 8.75. The second-order valence-corrected chi connectivity index (χ2v) is 11.4. The fourth-order valence-electron chi connectivity index (χ4n) is 6.59. The maximum atomic E-state index is 2.46. The number of hydrogen-bond acceptors (Lipinski definition) is 1. The van der Waals surface area contributed by atoms with Crippen LogP contribution < -0.4 is 4.90 Å². The predicted molar refractivity (Wildman–Crippen MR) is 178 cm³/mol. The van der Waals surface area contributed by atoms with Gasteiger partial charge in [-0.15, -0.1) is 0 Å². The van der Waals surface area contributed by atoms with Gasteiger partial charge >= 0.3 is 0 Å². The number of aryl methyl sites for hydroxylation is 4. The lowest BCUT2D eigenvalue weighted by molar-refractivity contribution is 1.24. The van der Waals surface area contributed by atoms with E-state index < -0.39 is 0 Å². The van der Waals surface area contributed by atoms with Crippen molar-refractivity contribution in [2.75, 3.05) is 4.90 Å². The summed E-state index contributed by atoms with van der Waals surface area (Å²) in [4.78, 5) is 2.46. The summed E-state index contributed by atoms with van der Waals surface area (Å²) in [6, 6.07) is 47.1. The highest BCUT2D eigenvalue weighted by Crippen LogP contribution is 2.45. The zero-order valence-electron chi connectivity index (χ0n) is 24.1. The van der Waals surface area contributed by atoms with Crippen LogP contribution in [0.25, 0.3) is 43.4 Å². The van der Waals surface area contributed by atoms with E-state index >= 15 is 0 Å². The van der Waals surface area contributed by atoms with E-state index in [0.29, 0.717) is 0 Å². The monoisotopic (exact) mass is 527 g/mol. The zero-order chi connectivity index (χ0) is 28.1. The molecule has 0 saturated heterocycles. The summed E-state index contributed by atoms with van der Waals surface area (Å²) in [5.41, 5.74) is 11.1. The van der Waals surface area contributed by atoms with Crippen molar-refractivity contribution in [1.82, 2.24) is 0 Å². The third-order valence-electron chi connectivity index (χ3n) is 8.09. The van der Waals surface area contributed by atoms with Gasteiger partial charge in [0.05, 0.1) is 5.69 Å². The van der Waals surface area contributed by atoms with Gasteiger partial charge in [0.1, 0.15) is 0 Å². The van der Waals surface area contributed by atoms with Crippen LogP contribution in [0.3, 0.4) is 0 Å². The lowest BCUT2D eigenvalue weighted by Gasteiger charge is -2.29. The molecule has 0 amide bonds. The third-order valence-corrected chi connectivity index (χ3v) is 8.09. The molecule has 1 nitrogen and oxygen atoms in total. The second kappa shape index (κ2) is 9.94. The van der Waals surface area contributed by atoms with E-state index in [1.54, 1.807) is 0 Å². The molecule has 0 aliphatic heterocycles. The Morgan fingerprint density at radius 2 is 0.878 bits per heavy atom. The predicted octanol–water partition coefficient (Wildman–Crippen LogP) is 11.5. The molecule has 0 unspecified atom stereocenters. The Labute approximate surface area is 242 Å². The van der Waals surface area contributed by atoms with Crippen molar-refractivity contribution in [3.8, 4) is 11.1 Å². The van der Waals surface area contributed by atoms with Gasteiger partial charge in [-0.2, -0.15) is 0 Å². The van der Waals surface area contributed by atoms with E-state index in [1.807, 2.05) is 0 Å². The molecule has 7 rings (SSSR count). The summed E-state index contributed by atoms with van der Waals surface area (Å²) in [6.07, 6.45) is 0. The van der Waals surface area contributed by atoms with Crippen molar-refractivity contribution in [3.63, 3.8) is 0 Å². The first-order valence-electron chi connectivity index (χ1n) is 14.4. The number of nitrogens with zero attached hydrogens (tertiary/aromatic N) is 1. The Bertz CT molecular complexity index is 1990. The van der Waals surface area contributed by atoms with Gasteiger partial charge in [-0.1, -0.05) is 91.0 Å². The van der Waals surface area contributed by atoms with Crippen LogP contribution in [-0.2, 0) is 0 Å². The highest BCUT2D eigenvalue weighted by molar-refractivity contribution is 6.26. The molecule has 0 fully saturated rings. The first-order valence-corrected chi connectivity index (χ1v) is 14.4. The SMILES string of the molecule is Cc1cc(C)cc(N(c2cc(C)cc(C)c2)c2cc3cc(-c4ccccc4)c4ccccc4c3c3ccccc23)c1. The van der Waals surface area contributed by atoms with E-state index in [4.69, 9.17) is 0 Å². The number of fused-ring (bicyclic) bond motifs is 5. The largest absolute Gasteiger partial charge is 0.310 e. The van der Waals surface area contributed by atoms with E-state index in [1.165, 1.54) is 82.8 Å². The molecule has 1 heteroatoms. The molecule has 0 heterocycles. The van der Waals surface area contributed by atoms with Crippen molar-refractivity contribution in [3.05, 3.63) is 150 Å². The van der Waals surface area contributed by atoms with E-state index in [0.717, 1.165) is 0 Å². The van der Waals surface area contributed by atoms with Crippen LogP contribution >= 0.6 is 0 Å². The molecule has 7 aromatic carbocycles. The van der Waals surface area contributed by atoms with Gasteiger partial charge in [0.15, 0.2) is 0 Å². The molecule has 0 atom stereocenters. The fraction of sp³-hybridized carbons (Fsp3) is 0.100. The summed E-state index contributed by atoms with van der Waals surface area (Å²) in [5, 5.41) is 7.64. The molecule has 198 valence electrons. The van der Waals surface area contributed by atoms with E-state index in [9.17, 15) is 0 Å². The van der Waals surface area contributed by atoms with Crippen LogP contribution in [0.2, 0.25) is 0 Å². The Hall–Kier alpha value is -4.88. The average Bonchev–Trinajstić information content (AvgIpc) is 2.96. The van der Waals surface area contributed by atoms with Crippen LogP contribution in [0.4, 0.5) is 17.1 Å². The summed E-state index contributed by atoms with van der Waals surface area (Å²) in [7, 11) is 0. The Morgan fingerprint density at radius 3 is 1.44 bits per heavy atom. The van der Waals surface area contributed by atoms with Crippen molar-refractivity contribution in [1.29, 1.82) is 0 Å². The standard InChI is InChI=1S/C40H33N/c1-26-18-27(2)21-32(20-26)41(33-22-28(3)19-29(4)23-33)39-25-31-24-38(30-12-6-5-7-13-30)34-14-8-10-16-36(34)40(31)37-17-11-9-15-35(37)39/h5-25H,1-4H3.